The maximum Gasteiger partial charge on any atom is 0.274 e. The van der Waals surface area contributed by atoms with Crippen LogP contribution in [0.5, 0.6) is 0 Å². The molecule has 1 aliphatic rings. The molecule has 4 heterocycles. The van der Waals surface area contributed by atoms with Crippen LogP contribution < -0.4 is 0 Å². The predicted octanol–water partition coefficient (Wildman–Crippen LogP) is 3.16. The molecule has 28 heavy (non-hydrogen) atoms. The second kappa shape index (κ2) is 7.18. The fourth-order valence-electron chi connectivity index (χ4n) is 3.79. The van der Waals surface area contributed by atoms with Crippen molar-refractivity contribution >= 4 is 5.91 Å². The number of aromatic nitrogens is 5. The standard InChI is InChI=1S/C20H24N6O2/c1-12-9-22-16(11-21-12)20(27)26-8-6-5-7-17(26)18-15(10-23-25(18)4)19-13(2)14(3)24-28-19/h9-11,17H,5-8H2,1-4H3/t17-/m1/s1. The summed E-state index contributed by atoms with van der Waals surface area (Å²) in [5.74, 6) is 0.614. The van der Waals surface area contributed by atoms with Crippen molar-refractivity contribution in [3.63, 3.8) is 0 Å². The number of hydrogen-bond acceptors (Lipinski definition) is 6. The molecule has 8 heteroatoms. The summed E-state index contributed by atoms with van der Waals surface area (Å²) in [5, 5.41) is 8.55. The predicted molar refractivity (Wildman–Crippen MR) is 103 cm³/mol. The van der Waals surface area contributed by atoms with Crippen LogP contribution in [0, 0.1) is 20.8 Å². The molecule has 0 saturated carbocycles. The normalized spacial score (nSPS) is 17.1. The molecule has 3 aromatic heterocycles. The van der Waals surface area contributed by atoms with E-state index in [1.165, 1.54) is 0 Å². The number of aryl methyl sites for hydroxylation is 3. The van der Waals surface area contributed by atoms with Gasteiger partial charge in [-0.3, -0.25) is 14.5 Å². The Labute approximate surface area is 163 Å². The Kier molecular flexibility index (Phi) is 4.70. The molecule has 1 atom stereocenters. The number of likely N-dealkylation sites (tertiary alicyclic amines) is 1. The molecule has 0 aliphatic carbocycles. The van der Waals surface area contributed by atoms with Gasteiger partial charge in [0.25, 0.3) is 5.91 Å². The first-order valence-electron chi connectivity index (χ1n) is 9.52. The van der Waals surface area contributed by atoms with Crippen LogP contribution in [-0.4, -0.2) is 42.3 Å². The number of hydrogen-bond donors (Lipinski definition) is 0. The number of piperidine rings is 1. The lowest BCUT2D eigenvalue weighted by molar-refractivity contribution is 0.0595. The van der Waals surface area contributed by atoms with E-state index in [4.69, 9.17) is 4.52 Å². The first-order chi connectivity index (χ1) is 13.5. The minimum Gasteiger partial charge on any atom is -0.356 e. The van der Waals surface area contributed by atoms with Crippen LogP contribution in [0.25, 0.3) is 11.3 Å². The van der Waals surface area contributed by atoms with Crippen molar-refractivity contribution in [3.05, 3.63) is 46.9 Å². The van der Waals surface area contributed by atoms with Crippen molar-refractivity contribution in [1.29, 1.82) is 0 Å². The van der Waals surface area contributed by atoms with Gasteiger partial charge in [-0.2, -0.15) is 5.10 Å². The SMILES string of the molecule is Cc1cnc(C(=O)N2CCCC[C@@H]2c2c(-c3onc(C)c3C)cnn2C)cn1. The van der Waals surface area contributed by atoms with Gasteiger partial charge in [-0.15, -0.1) is 0 Å². The van der Waals surface area contributed by atoms with E-state index in [0.29, 0.717) is 18.0 Å². The van der Waals surface area contributed by atoms with E-state index < -0.39 is 0 Å². The van der Waals surface area contributed by atoms with E-state index in [-0.39, 0.29) is 11.9 Å². The Hall–Kier alpha value is -3.03. The zero-order chi connectivity index (χ0) is 19.8. The molecule has 0 spiro atoms. The summed E-state index contributed by atoms with van der Waals surface area (Å²) >= 11 is 0. The van der Waals surface area contributed by atoms with Gasteiger partial charge in [0.1, 0.15) is 5.69 Å². The average molecular weight is 380 g/mol. The summed E-state index contributed by atoms with van der Waals surface area (Å²) in [5.41, 5.74) is 4.86. The molecule has 0 N–H and O–H groups in total. The zero-order valence-corrected chi connectivity index (χ0v) is 16.6. The summed E-state index contributed by atoms with van der Waals surface area (Å²) < 4.78 is 7.43. The molecule has 0 aromatic carbocycles. The van der Waals surface area contributed by atoms with E-state index in [1.807, 2.05) is 37.4 Å². The Morgan fingerprint density at radius 1 is 1.14 bits per heavy atom. The number of carbonyl (C=O) groups excluding carboxylic acids is 1. The highest BCUT2D eigenvalue weighted by atomic mass is 16.5. The van der Waals surface area contributed by atoms with Crippen LogP contribution in [0.2, 0.25) is 0 Å². The first-order valence-corrected chi connectivity index (χ1v) is 9.52. The van der Waals surface area contributed by atoms with Crippen molar-refractivity contribution in [2.45, 2.75) is 46.1 Å². The highest BCUT2D eigenvalue weighted by Gasteiger charge is 2.34. The molecule has 3 aromatic rings. The van der Waals surface area contributed by atoms with Crippen LogP contribution in [0.3, 0.4) is 0 Å². The van der Waals surface area contributed by atoms with Gasteiger partial charge >= 0.3 is 0 Å². The minimum atomic E-state index is -0.102. The second-order valence-electron chi connectivity index (χ2n) is 7.34. The van der Waals surface area contributed by atoms with E-state index >= 15 is 0 Å². The maximum atomic E-state index is 13.2. The van der Waals surface area contributed by atoms with Gasteiger partial charge in [0.15, 0.2) is 5.76 Å². The smallest absolute Gasteiger partial charge is 0.274 e. The molecule has 1 fully saturated rings. The molecule has 0 unspecified atom stereocenters. The fourth-order valence-corrected chi connectivity index (χ4v) is 3.79. The van der Waals surface area contributed by atoms with Crippen molar-refractivity contribution in [2.75, 3.05) is 6.54 Å². The fraction of sp³-hybridized carbons (Fsp3) is 0.450. The van der Waals surface area contributed by atoms with Gasteiger partial charge in [-0.05, 0) is 40.0 Å². The Morgan fingerprint density at radius 2 is 1.96 bits per heavy atom. The van der Waals surface area contributed by atoms with Crippen LogP contribution in [-0.2, 0) is 7.05 Å². The molecule has 0 bridgehead atoms. The lowest BCUT2D eigenvalue weighted by atomic mass is 9.95. The molecule has 4 rings (SSSR count). The van der Waals surface area contributed by atoms with E-state index in [2.05, 4.69) is 20.2 Å². The van der Waals surface area contributed by atoms with Gasteiger partial charge in [-0.1, -0.05) is 5.16 Å². The lowest BCUT2D eigenvalue weighted by Gasteiger charge is -2.36. The van der Waals surface area contributed by atoms with Crippen LogP contribution >= 0.6 is 0 Å². The summed E-state index contributed by atoms with van der Waals surface area (Å²) in [6, 6.07) is -0.100. The molecule has 1 saturated heterocycles. The number of nitrogens with zero attached hydrogens (tertiary/aromatic N) is 6. The van der Waals surface area contributed by atoms with Gasteiger partial charge in [0.05, 0.1) is 41.1 Å². The molecular weight excluding hydrogens is 356 g/mol. The average Bonchev–Trinajstić information content (AvgIpc) is 3.24. The van der Waals surface area contributed by atoms with Crippen molar-refractivity contribution in [2.24, 2.45) is 7.05 Å². The second-order valence-corrected chi connectivity index (χ2v) is 7.34. The third-order valence-electron chi connectivity index (χ3n) is 5.47. The Morgan fingerprint density at radius 3 is 2.64 bits per heavy atom. The van der Waals surface area contributed by atoms with Crippen LogP contribution in [0.1, 0.15) is 58.4 Å². The van der Waals surface area contributed by atoms with E-state index in [1.54, 1.807) is 18.6 Å². The molecular formula is C20H24N6O2. The zero-order valence-electron chi connectivity index (χ0n) is 16.6. The van der Waals surface area contributed by atoms with Crippen molar-refractivity contribution < 1.29 is 9.32 Å². The molecule has 8 nitrogen and oxygen atoms in total. The summed E-state index contributed by atoms with van der Waals surface area (Å²) in [6.07, 6.45) is 7.86. The topological polar surface area (TPSA) is 89.9 Å². The molecule has 146 valence electrons. The first kappa shape index (κ1) is 18.3. The Balaban J connectivity index is 1.75. The van der Waals surface area contributed by atoms with Crippen molar-refractivity contribution in [1.82, 2.24) is 29.8 Å². The quantitative estimate of drug-likeness (QED) is 0.693. The minimum absolute atomic E-state index is 0.100. The lowest BCUT2D eigenvalue weighted by Crippen LogP contribution is -2.40. The highest BCUT2D eigenvalue weighted by molar-refractivity contribution is 5.92. The van der Waals surface area contributed by atoms with E-state index in [9.17, 15) is 4.79 Å². The van der Waals surface area contributed by atoms with Gasteiger partial charge in [-0.25, -0.2) is 4.98 Å². The number of rotatable bonds is 3. The third-order valence-corrected chi connectivity index (χ3v) is 5.47. The number of amides is 1. The van der Waals surface area contributed by atoms with Crippen LogP contribution in [0.4, 0.5) is 0 Å². The van der Waals surface area contributed by atoms with Gasteiger partial charge in [0.2, 0.25) is 0 Å². The van der Waals surface area contributed by atoms with E-state index in [0.717, 1.165) is 47.5 Å². The van der Waals surface area contributed by atoms with Gasteiger partial charge in [0, 0.05) is 25.4 Å². The van der Waals surface area contributed by atoms with Crippen molar-refractivity contribution in [3.8, 4) is 11.3 Å². The molecule has 0 radical (unpaired) electrons. The molecule has 1 amide bonds. The summed E-state index contributed by atoms with van der Waals surface area (Å²) in [6.45, 7) is 6.45. The highest BCUT2D eigenvalue weighted by Crippen LogP contribution is 2.38. The molecule has 1 aliphatic heterocycles. The van der Waals surface area contributed by atoms with Crippen LogP contribution in [0.15, 0.2) is 23.1 Å². The Bertz CT molecular complexity index is 1000. The summed E-state index contributed by atoms with van der Waals surface area (Å²) in [4.78, 5) is 23.6. The third kappa shape index (κ3) is 3.08. The summed E-state index contributed by atoms with van der Waals surface area (Å²) in [7, 11) is 1.90. The largest absolute Gasteiger partial charge is 0.356 e. The maximum absolute atomic E-state index is 13.2. The monoisotopic (exact) mass is 380 g/mol. The van der Waals surface area contributed by atoms with Gasteiger partial charge < -0.3 is 9.42 Å². The number of carbonyl (C=O) groups is 1.